The van der Waals surface area contributed by atoms with Gasteiger partial charge in [-0.25, -0.2) is 4.79 Å². The van der Waals surface area contributed by atoms with Crippen LogP contribution in [0.15, 0.2) is 0 Å². The Morgan fingerprint density at radius 1 is 1.05 bits per heavy atom. The molecule has 0 aromatic heterocycles. The summed E-state index contributed by atoms with van der Waals surface area (Å²) < 4.78 is 0. The second-order valence-electron chi connectivity index (χ2n) is 7.02. The van der Waals surface area contributed by atoms with Crippen LogP contribution in [0, 0.1) is 5.92 Å². The van der Waals surface area contributed by atoms with Crippen molar-refractivity contribution in [2.24, 2.45) is 5.92 Å². The fourth-order valence-electron chi connectivity index (χ4n) is 5.02. The third-order valence-electron chi connectivity index (χ3n) is 5.91. The summed E-state index contributed by atoms with van der Waals surface area (Å²) in [7, 11) is 0. The molecule has 3 fully saturated rings. The normalized spacial score (nSPS) is 35.3. The van der Waals surface area contributed by atoms with Crippen molar-refractivity contribution in [3.8, 4) is 0 Å². The molecule has 3 aliphatic heterocycles. The van der Waals surface area contributed by atoms with Crippen molar-refractivity contribution in [1.82, 2.24) is 4.90 Å². The lowest BCUT2D eigenvalue weighted by Gasteiger charge is -2.43. The molecule has 3 saturated heterocycles. The fourth-order valence-corrected chi connectivity index (χ4v) is 5.02. The molecule has 0 aliphatic carbocycles. The third kappa shape index (κ3) is 2.92. The Morgan fingerprint density at radius 3 is 2.26 bits per heavy atom. The average molecular weight is 263 g/mol. The van der Waals surface area contributed by atoms with E-state index in [4.69, 9.17) is 5.11 Å². The Balaban J connectivity index is 1.59. The first kappa shape index (κ1) is 13.3. The van der Waals surface area contributed by atoms with Crippen LogP contribution in [-0.2, 0) is 0 Å². The number of rotatable bonds is 2. The molecule has 3 rings (SSSR count). The highest BCUT2D eigenvalue weighted by Crippen LogP contribution is 2.49. The summed E-state index contributed by atoms with van der Waals surface area (Å²) in [6.07, 6.45) is 11.6. The molecule has 1 unspecified atom stereocenters. The van der Waals surface area contributed by atoms with Gasteiger partial charge in [-0.1, -0.05) is 56.5 Å². The van der Waals surface area contributed by atoms with Gasteiger partial charge >= 0.3 is 6.09 Å². The molecule has 0 radical (unpaired) electrons. The summed E-state index contributed by atoms with van der Waals surface area (Å²) in [5.41, 5.74) is 0. The number of carbonyl (C=O) groups is 1. The Morgan fingerprint density at radius 2 is 1.68 bits per heavy atom. The number of nitrogens with zero attached hydrogens (tertiary/aromatic N) is 1. The van der Waals surface area contributed by atoms with Gasteiger partial charge in [0.1, 0.15) is 6.71 Å². The number of carboxylic acid groups (broad SMARTS) is 1. The van der Waals surface area contributed by atoms with Gasteiger partial charge in [-0.05, 0) is 18.8 Å². The van der Waals surface area contributed by atoms with Gasteiger partial charge in [0.05, 0.1) is 0 Å². The van der Waals surface area contributed by atoms with Gasteiger partial charge in [0.2, 0.25) is 0 Å². The molecule has 2 bridgehead atoms. The highest BCUT2D eigenvalue weighted by atomic mass is 16.4. The summed E-state index contributed by atoms with van der Waals surface area (Å²) in [5.74, 6) is 2.57. The molecule has 19 heavy (non-hydrogen) atoms. The summed E-state index contributed by atoms with van der Waals surface area (Å²) in [6, 6.07) is 0. The first-order valence-electron chi connectivity index (χ1n) is 8.22. The minimum Gasteiger partial charge on any atom is -0.465 e. The minimum atomic E-state index is -0.714. The highest BCUT2D eigenvalue weighted by molar-refractivity contribution is 6.62. The second-order valence-corrected chi connectivity index (χ2v) is 7.02. The zero-order chi connectivity index (χ0) is 13.2. The summed E-state index contributed by atoms with van der Waals surface area (Å²) in [5, 5.41) is 9.15. The van der Waals surface area contributed by atoms with Crippen LogP contribution in [0.5, 0.6) is 0 Å². The van der Waals surface area contributed by atoms with Crippen LogP contribution in [0.1, 0.15) is 51.4 Å². The van der Waals surface area contributed by atoms with Crippen LogP contribution < -0.4 is 0 Å². The average Bonchev–Trinajstić information content (AvgIpc) is 2.38. The Hall–Kier alpha value is -0.665. The van der Waals surface area contributed by atoms with E-state index >= 15 is 0 Å². The first-order valence-corrected chi connectivity index (χ1v) is 8.22. The van der Waals surface area contributed by atoms with Crippen molar-refractivity contribution in [3.05, 3.63) is 0 Å². The quantitative estimate of drug-likeness (QED) is 0.765. The molecule has 0 aromatic carbocycles. The van der Waals surface area contributed by atoms with Crippen LogP contribution in [-0.4, -0.2) is 35.9 Å². The fraction of sp³-hybridized carbons (Fsp3) is 0.933. The third-order valence-corrected chi connectivity index (χ3v) is 5.91. The predicted octanol–water partition coefficient (Wildman–Crippen LogP) is 3.98. The SMILES string of the molecule is O=C(O)N1CCCC(CB2C3CCCC2CCC3)C1. The largest absolute Gasteiger partial charge is 0.465 e. The highest BCUT2D eigenvalue weighted by Gasteiger charge is 2.40. The molecule has 106 valence electrons. The standard InChI is InChI=1S/C15H26BNO2/c18-15(19)17-9-3-4-12(11-17)10-16-13-5-1-6-14(16)8-2-7-13/h12-14H,1-11H2,(H,18,19). The maximum atomic E-state index is 11.1. The number of hydrogen-bond acceptors (Lipinski definition) is 1. The summed E-state index contributed by atoms with van der Waals surface area (Å²) in [6.45, 7) is 2.47. The maximum absolute atomic E-state index is 11.1. The summed E-state index contributed by atoms with van der Waals surface area (Å²) >= 11 is 0. The lowest BCUT2D eigenvalue weighted by Crippen LogP contribution is -2.42. The molecule has 1 atom stereocenters. The van der Waals surface area contributed by atoms with Gasteiger partial charge in [0, 0.05) is 13.1 Å². The maximum Gasteiger partial charge on any atom is 0.407 e. The van der Waals surface area contributed by atoms with E-state index in [2.05, 4.69) is 0 Å². The molecular weight excluding hydrogens is 237 g/mol. The van der Waals surface area contributed by atoms with E-state index in [1.807, 2.05) is 0 Å². The van der Waals surface area contributed by atoms with Crippen LogP contribution in [0.2, 0.25) is 18.0 Å². The monoisotopic (exact) mass is 263 g/mol. The summed E-state index contributed by atoms with van der Waals surface area (Å²) in [4.78, 5) is 12.8. The molecule has 1 amide bonds. The van der Waals surface area contributed by atoms with Gasteiger partial charge in [-0.3, -0.25) is 0 Å². The van der Waals surface area contributed by atoms with Crippen LogP contribution >= 0.6 is 0 Å². The second kappa shape index (κ2) is 5.76. The van der Waals surface area contributed by atoms with Crippen LogP contribution in [0.3, 0.4) is 0 Å². The number of amides is 1. The number of piperidine rings is 1. The van der Waals surface area contributed by atoms with Gasteiger partial charge in [0.25, 0.3) is 0 Å². The number of likely N-dealkylation sites (tertiary alicyclic amines) is 1. The first-order chi connectivity index (χ1) is 9.24. The van der Waals surface area contributed by atoms with E-state index in [0.717, 1.165) is 37.9 Å². The molecule has 0 aromatic rings. The molecule has 3 nitrogen and oxygen atoms in total. The lowest BCUT2D eigenvalue weighted by atomic mass is 9.25. The van der Waals surface area contributed by atoms with Gasteiger partial charge in [0.15, 0.2) is 0 Å². The number of hydrogen-bond donors (Lipinski definition) is 1. The minimum absolute atomic E-state index is 0.635. The number of fused-ring (bicyclic) bond motifs is 2. The lowest BCUT2D eigenvalue weighted by molar-refractivity contribution is 0.123. The van der Waals surface area contributed by atoms with E-state index in [1.165, 1.54) is 51.3 Å². The van der Waals surface area contributed by atoms with Crippen LogP contribution in [0.25, 0.3) is 0 Å². The van der Waals surface area contributed by atoms with Crippen molar-refractivity contribution >= 4 is 12.8 Å². The molecule has 1 N–H and O–H groups in total. The van der Waals surface area contributed by atoms with E-state index in [-0.39, 0.29) is 0 Å². The Bertz CT molecular complexity index is 314. The smallest absolute Gasteiger partial charge is 0.407 e. The van der Waals surface area contributed by atoms with Crippen molar-refractivity contribution in [2.75, 3.05) is 13.1 Å². The zero-order valence-electron chi connectivity index (χ0n) is 11.9. The molecule has 3 aliphatic rings. The van der Waals surface area contributed by atoms with E-state index in [0.29, 0.717) is 5.92 Å². The predicted molar refractivity (Wildman–Crippen MR) is 78.1 cm³/mol. The topological polar surface area (TPSA) is 40.5 Å². The Kier molecular flexibility index (Phi) is 4.04. The van der Waals surface area contributed by atoms with Crippen molar-refractivity contribution in [1.29, 1.82) is 0 Å². The zero-order valence-corrected chi connectivity index (χ0v) is 11.9. The molecule has 4 heteroatoms. The van der Waals surface area contributed by atoms with E-state index in [1.54, 1.807) is 4.90 Å². The van der Waals surface area contributed by atoms with Crippen molar-refractivity contribution in [2.45, 2.75) is 69.3 Å². The van der Waals surface area contributed by atoms with Crippen LogP contribution in [0.4, 0.5) is 4.79 Å². The van der Waals surface area contributed by atoms with Gasteiger partial charge in [-0.15, -0.1) is 0 Å². The van der Waals surface area contributed by atoms with Gasteiger partial charge in [-0.2, -0.15) is 0 Å². The molecule has 3 heterocycles. The molecule has 0 spiro atoms. The molecule has 0 saturated carbocycles. The van der Waals surface area contributed by atoms with Crippen molar-refractivity contribution < 1.29 is 9.90 Å². The van der Waals surface area contributed by atoms with E-state index in [9.17, 15) is 4.79 Å². The van der Waals surface area contributed by atoms with Gasteiger partial charge < -0.3 is 10.0 Å². The molecular formula is C15H26BNO2. The van der Waals surface area contributed by atoms with E-state index < -0.39 is 6.09 Å². The Labute approximate surface area is 116 Å². The van der Waals surface area contributed by atoms with Crippen molar-refractivity contribution in [3.63, 3.8) is 0 Å².